The van der Waals surface area contributed by atoms with E-state index in [0.29, 0.717) is 4.83 Å². The number of rotatable bonds is 2. The van der Waals surface area contributed by atoms with Crippen LogP contribution < -0.4 is 0 Å². The Bertz CT molecular complexity index is 101. The molecule has 0 aromatic rings. The van der Waals surface area contributed by atoms with E-state index in [0.717, 1.165) is 0 Å². The molecule has 0 bridgehead atoms. The summed E-state index contributed by atoms with van der Waals surface area (Å²) in [6, 6.07) is 0. The molecular formula is C7H11Br. The van der Waals surface area contributed by atoms with Crippen LogP contribution in [0, 0.1) is 0 Å². The van der Waals surface area contributed by atoms with Crippen LogP contribution in [-0.4, -0.2) is 4.83 Å². The van der Waals surface area contributed by atoms with Crippen molar-refractivity contribution in [2.75, 3.05) is 0 Å². The predicted molar refractivity (Wildman–Crippen MR) is 42.3 cm³/mol. The molecule has 0 spiro atoms. The Morgan fingerprint density at radius 1 is 1.75 bits per heavy atom. The summed E-state index contributed by atoms with van der Waals surface area (Å²) in [5.74, 6) is 0. The first kappa shape index (κ1) is 7.96. The molecule has 46 valence electrons. The van der Waals surface area contributed by atoms with Gasteiger partial charge in [-0.1, -0.05) is 40.2 Å². The highest BCUT2D eigenvalue weighted by Gasteiger charge is 1.86. The lowest BCUT2D eigenvalue weighted by Crippen LogP contribution is -1.81. The van der Waals surface area contributed by atoms with Gasteiger partial charge in [0, 0.05) is 4.83 Å². The molecule has 0 aliphatic rings. The van der Waals surface area contributed by atoms with Gasteiger partial charge in [0.2, 0.25) is 0 Å². The van der Waals surface area contributed by atoms with Crippen molar-refractivity contribution in [1.29, 1.82) is 0 Å². The highest BCUT2D eigenvalue weighted by Crippen LogP contribution is 2.03. The van der Waals surface area contributed by atoms with Crippen molar-refractivity contribution >= 4 is 15.9 Å². The number of halogens is 1. The third kappa shape index (κ3) is 4.13. The molecule has 0 amide bonds. The van der Waals surface area contributed by atoms with E-state index in [9.17, 15) is 0 Å². The number of alkyl halides is 1. The lowest BCUT2D eigenvalue weighted by Gasteiger charge is -1.92. The van der Waals surface area contributed by atoms with Crippen LogP contribution in [0.1, 0.15) is 13.8 Å². The zero-order chi connectivity index (χ0) is 6.57. The van der Waals surface area contributed by atoms with Gasteiger partial charge in [0.1, 0.15) is 0 Å². The summed E-state index contributed by atoms with van der Waals surface area (Å²) in [7, 11) is 0. The van der Waals surface area contributed by atoms with Crippen molar-refractivity contribution in [2.45, 2.75) is 18.7 Å². The van der Waals surface area contributed by atoms with Gasteiger partial charge in [-0.2, -0.15) is 0 Å². The minimum absolute atomic E-state index is 0.459. The normalized spacial score (nSPS) is 15.6. The molecule has 0 heterocycles. The summed E-state index contributed by atoms with van der Waals surface area (Å²) in [5.41, 5.74) is 1.22. The lowest BCUT2D eigenvalue weighted by atomic mass is 10.2. The van der Waals surface area contributed by atoms with Crippen LogP contribution in [-0.2, 0) is 0 Å². The first-order chi connectivity index (χ1) is 3.66. The minimum atomic E-state index is 0.459. The van der Waals surface area contributed by atoms with Crippen molar-refractivity contribution in [3.05, 3.63) is 24.3 Å². The SMILES string of the molecule is C=C/C(C)=C\C(C)Br. The third-order valence-corrected chi connectivity index (χ3v) is 1.08. The van der Waals surface area contributed by atoms with Crippen LogP contribution in [0.25, 0.3) is 0 Å². The van der Waals surface area contributed by atoms with Crippen molar-refractivity contribution < 1.29 is 0 Å². The largest absolute Gasteiger partial charge is 0.0988 e. The molecule has 1 heteroatoms. The van der Waals surface area contributed by atoms with Gasteiger partial charge in [0.05, 0.1) is 0 Å². The molecule has 0 aromatic heterocycles. The van der Waals surface area contributed by atoms with Crippen molar-refractivity contribution in [3.63, 3.8) is 0 Å². The molecule has 0 nitrogen and oxygen atoms in total. The molecule has 1 atom stereocenters. The molecule has 0 rings (SSSR count). The summed E-state index contributed by atoms with van der Waals surface area (Å²) in [6.45, 7) is 7.73. The first-order valence-electron chi connectivity index (χ1n) is 2.61. The maximum atomic E-state index is 3.62. The van der Waals surface area contributed by atoms with Gasteiger partial charge in [-0.15, -0.1) is 0 Å². The van der Waals surface area contributed by atoms with Crippen molar-refractivity contribution in [1.82, 2.24) is 0 Å². The zero-order valence-corrected chi connectivity index (χ0v) is 6.90. The highest BCUT2D eigenvalue weighted by atomic mass is 79.9. The van der Waals surface area contributed by atoms with Gasteiger partial charge in [-0.05, 0) is 13.8 Å². The maximum absolute atomic E-state index is 3.62. The van der Waals surface area contributed by atoms with E-state index in [4.69, 9.17) is 0 Å². The van der Waals surface area contributed by atoms with Crippen LogP contribution in [0.5, 0.6) is 0 Å². The van der Waals surface area contributed by atoms with Gasteiger partial charge in [-0.25, -0.2) is 0 Å². The second-order valence-electron chi connectivity index (χ2n) is 1.79. The second kappa shape index (κ2) is 3.90. The molecule has 0 radical (unpaired) electrons. The molecule has 0 aromatic carbocycles. The standard InChI is InChI=1S/C7H11Br/c1-4-6(2)5-7(3)8/h4-5,7H,1H2,2-3H3/b6-5-. The molecule has 0 aliphatic carbocycles. The Morgan fingerprint density at radius 3 is 2.38 bits per heavy atom. The lowest BCUT2D eigenvalue weighted by molar-refractivity contribution is 1.24. The number of hydrogen-bond donors (Lipinski definition) is 0. The fraction of sp³-hybridized carbons (Fsp3) is 0.429. The Kier molecular flexibility index (Phi) is 3.88. The molecule has 0 aliphatic heterocycles. The highest BCUT2D eigenvalue weighted by molar-refractivity contribution is 9.09. The number of allylic oxidation sites excluding steroid dienone is 3. The van der Waals surface area contributed by atoms with E-state index in [-0.39, 0.29) is 0 Å². The molecule has 0 N–H and O–H groups in total. The van der Waals surface area contributed by atoms with Crippen LogP contribution in [0.3, 0.4) is 0 Å². The Hall–Kier alpha value is -0.0400. The van der Waals surface area contributed by atoms with E-state index in [1.54, 1.807) is 0 Å². The average molecular weight is 175 g/mol. The van der Waals surface area contributed by atoms with Crippen LogP contribution in [0.15, 0.2) is 24.3 Å². The van der Waals surface area contributed by atoms with Crippen LogP contribution in [0.2, 0.25) is 0 Å². The van der Waals surface area contributed by atoms with Gasteiger partial charge in [0.15, 0.2) is 0 Å². The Morgan fingerprint density at radius 2 is 2.25 bits per heavy atom. The summed E-state index contributed by atoms with van der Waals surface area (Å²) in [6.07, 6.45) is 3.95. The van der Waals surface area contributed by atoms with Crippen LogP contribution in [0.4, 0.5) is 0 Å². The quantitative estimate of drug-likeness (QED) is 0.447. The molecule has 0 fully saturated rings. The van der Waals surface area contributed by atoms with Gasteiger partial charge in [-0.3, -0.25) is 0 Å². The first-order valence-corrected chi connectivity index (χ1v) is 3.53. The van der Waals surface area contributed by atoms with Gasteiger partial charge >= 0.3 is 0 Å². The van der Waals surface area contributed by atoms with E-state index in [1.165, 1.54) is 5.57 Å². The van der Waals surface area contributed by atoms with E-state index in [1.807, 2.05) is 13.0 Å². The van der Waals surface area contributed by atoms with E-state index < -0.39 is 0 Å². The molecule has 0 saturated carbocycles. The average Bonchev–Trinajstić information content (AvgIpc) is 1.65. The fourth-order valence-electron chi connectivity index (χ4n) is 0.430. The molecule has 8 heavy (non-hydrogen) atoms. The zero-order valence-electron chi connectivity index (χ0n) is 5.32. The maximum Gasteiger partial charge on any atom is 0.0302 e. The monoisotopic (exact) mass is 174 g/mol. The second-order valence-corrected chi connectivity index (χ2v) is 3.24. The Labute approximate surface area is 59.4 Å². The van der Waals surface area contributed by atoms with Gasteiger partial charge < -0.3 is 0 Å². The topological polar surface area (TPSA) is 0 Å². The smallest absolute Gasteiger partial charge is 0.0302 e. The van der Waals surface area contributed by atoms with Gasteiger partial charge in [0.25, 0.3) is 0 Å². The molecular weight excluding hydrogens is 164 g/mol. The van der Waals surface area contributed by atoms with E-state index >= 15 is 0 Å². The molecule has 0 saturated heterocycles. The summed E-state index contributed by atoms with van der Waals surface area (Å²) in [4.78, 5) is 0.459. The summed E-state index contributed by atoms with van der Waals surface area (Å²) >= 11 is 3.39. The molecule has 1 unspecified atom stereocenters. The fourth-order valence-corrected chi connectivity index (χ4v) is 0.847. The van der Waals surface area contributed by atoms with Crippen LogP contribution >= 0.6 is 15.9 Å². The minimum Gasteiger partial charge on any atom is -0.0988 e. The van der Waals surface area contributed by atoms with E-state index in [2.05, 4.69) is 35.5 Å². The summed E-state index contributed by atoms with van der Waals surface area (Å²) < 4.78 is 0. The summed E-state index contributed by atoms with van der Waals surface area (Å²) in [5, 5.41) is 0. The Balaban J connectivity index is 3.74. The van der Waals surface area contributed by atoms with Crippen molar-refractivity contribution in [3.8, 4) is 0 Å². The van der Waals surface area contributed by atoms with Crippen molar-refractivity contribution in [2.24, 2.45) is 0 Å². The third-order valence-electron chi connectivity index (χ3n) is 0.815. The predicted octanol–water partition coefficient (Wildman–Crippen LogP) is 2.90. The number of hydrogen-bond acceptors (Lipinski definition) is 0.